The molecule has 2 fully saturated rings. The number of piperidine rings is 1. The summed E-state index contributed by atoms with van der Waals surface area (Å²) in [6, 6.07) is 3.51. The van der Waals surface area contributed by atoms with Crippen LogP contribution in [0.3, 0.4) is 0 Å². The average molecular weight is 355 g/mol. The Labute approximate surface area is 152 Å². The van der Waals surface area contributed by atoms with Crippen LogP contribution in [-0.2, 0) is 13.1 Å². The zero-order chi connectivity index (χ0) is 17.9. The lowest BCUT2D eigenvalue weighted by molar-refractivity contribution is 0.167. The van der Waals surface area contributed by atoms with Crippen molar-refractivity contribution in [2.75, 3.05) is 19.6 Å². The Morgan fingerprint density at radius 3 is 2.50 bits per heavy atom. The Bertz CT molecular complexity index is 862. The summed E-state index contributed by atoms with van der Waals surface area (Å²) in [5.74, 6) is 1.03. The van der Waals surface area contributed by atoms with Crippen molar-refractivity contribution in [2.24, 2.45) is 5.92 Å². The third-order valence-corrected chi connectivity index (χ3v) is 5.50. The summed E-state index contributed by atoms with van der Waals surface area (Å²) in [5.41, 5.74) is 0.857. The van der Waals surface area contributed by atoms with Crippen LogP contribution in [0.4, 0.5) is 0 Å². The molecule has 0 radical (unpaired) electrons. The quantitative estimate of drug-likeness (QED) is 0.776. The highest BCUT2D eigenvalue weighted by molar-refractivity contribution is 5.12. The first kappa shape index (κ1) is 17.1. The summed E-state index contributed by atoms with van der Waals surface area (Å²) in [7, 11) is 0. The number of hydrogen-bond donors (Lipinski definition) is 0. The minimum absolute atomic E-state index is 0.0836. The SMILES string of the molecule is O=c1cc(C2CC2)ncn1CC1CCN(CCn2cccnc2=O)CC1. The highest BCUT2D eigenvalue weighted by Gasteiger charge is 2.26. The first-order valence-corrected chi connectivity index (χ1v) is 9.49. The minimum Gasteiger partial charge on any atom is -0.302 e. The average Bonchev–Trinajstić information content (AvgIpc) is 3.49. The van der Waals surface area contributed by atoms with E-state index in [2.05, 4.69) is 14.9 Å². The topological polar surface area (TPSA) is 73.0 Å². The van der Waals surface area contributed by atoms with Crippen LogP contribution in [0.25, 0.3) is 0 Å². The first-order chi connectivity index (χ1) is 12.7. The third kappa shape index (κ3) is 4.09. The summed E-state index contributed by atoms with van der Waals surface area (Å²) in [5, 5.41) is 0. The van der Waals surface area contributed by atoms with Gasteiger partial charge in [0.05, 0.1) is 12.0 Å². The van der Waals surface area contributed by atoms with Crippen molar-refractivity contribution in [3.63, 3.8) is 0 Å². The Kier molecular flexibility index (Phi) is 4.97. The van der Waals surface area contributed by atoms with Gasteiger partial charge in [-0.25, -0.2) is 14.8 Å². The maximum atomic E-state index is 12.3. The predicted octanol–water partition coefficient (Wildman–Crippen LogP) is 1.09. The van der Waals surface area contributed by atoms with Gasteiger partial charge in [-0.15, -0.1) is 0 Å². The first-order valence-electron chi connectivity index (χ1n) is 9.49. The maximum absolute atomic E-state index is 12.3. The monoisotopic (exact) mass is 355 g/mol. The molecule has 0 atom stereocenters. The second-order valence-corrected chi connectivity index (χ2v) is 7.46. The molecule has 2 aliphatic rings. The lowest BCUT2D eigenvalue weighted by Crippen LogP contribution is -2.39. The standard InChI is InChI=1S/C19H25N5O2/c25-18-12-17(16-2-3-16)21-14-24(18)13-15-4-8-22(9-5-15)10-11-23-7-1-6-20-19(23)26/h1,6-7,12,14-16H,2-5,8-11,13H2. The highest BCUT2D eigenvalue weighted by Crippen LogP contribution is 2.38. The molecule has 7 nitrogen and oxygen atoms in total. The van der Waals surface area contributed by atoms with Crippen LogP contribution in [0, 0.1) is 5.92 Å². The van der Waals surface area contributed by atoms with Gasteiger partial charge >= 0.3 is 5.69 Å². The molecule has 0 aromatic carbocycles. The van der Waals surface area contributed by atoms with Gasteiger partial charge in [0, 0.05) is 44.0 Å². The van der Waals surface area contributed by atoms with Crippen molar-refractivity contribution in [3.8, 4) is 0 Å². The van der Waals surface area contributed by atoms with Gasteiger partial charge in [0.2, 0.25) is 0 Å². The second-order valence-electron chi connectivity index (χ2n) is 7.46. The fourth-order valence-corrected chi connectivity index (χ4v) is 3.66. The summed E-state index contributed by atoms with van der Waals surface area (Å²) in [6.07, 6.45) is 9.51. The smallest absolute Gasteiger partial charge is 0.302 e. The Hall–Kier alpha value is -2.28. The number of rotatable bonds is 6. The van der Waals surface area contributed by atoms with E-state index in [9.17, 15) is 9.59 Å². The maximum Gasteiger partial charge on any atom is 0.347 e. The van der Waals surface area contributed by atoms with E-state index in [-0.39, 0.29) is 11.2 Å². The molecule has 1 aliphatic carbocycles. The van der Waals surface area contributed by atoms with Crippen molar-refractivity contribution in [2.45, 2.75) is 44.7 Å². The van der Waals surface area contributed by atoms with Crippen LogP contribution in [-0.4, -0.2) is 43.6 Å². The molecular formula is C19H25N5O2. The summed E-state index contributed by atoms with van der Waals surface area (Å²) in [4.78, 5) is 34.6. The van der Waals surface area contributed by atoms with E-state index < -0.39 is 0 Å². The van der Waals surface area contributed by atoms with Crippen molar-refractivity contribution in [1.82, 2.24) is 24.0 Å². The lowest BCUT2D eigenvalue weighted by atomic mass is 9.96. The van der Waals surface area contributed by atoms with Gasteiger partial charge in [0.15, 0.2) is 0 Å². The summed E-state index contributed by atoms with van der Waals surface area (Å²) >= 11 is 0. The van der Waals surface area contributed by atoms with Crippen molar-refractivity contribution in [3.05, 3.63) is 57.4 Å². The zero-order valence-corrected chi connectivity index (χ0v) is 15.0. The summed E-state index contributed by atoms with van der Waals surface area (Å²) in [6.45, 7) is 4.29. The normalized spacial score (nSPS) is 18.9. The lowest BCUT2D eigenvalue weighted by Gasteiger charge is -2.32. The number of aromatic nitrogens is 4. The van der Waals surface area contributed by atoms with Gasteiger partial charge in [-0.1, -0.05) is 0 Å². The van der Waals surface area contributed by atoms with Gasteiger partial charge in [0.1, 0.15) is 0 Å². The van der Waals surface area contributed by atoms with Gasteiger partial charge in [-0.2, -0.15) is 0 Å². The minimum atomic E-state index is -0.191. The summed E-state index contributed by atoms with van der Waals surface area (Å²) < 4.78 is 3.42. The molecule has 1 aliphatic heterocycles. The second kappa shape index (κ2) is 7.53. The molecule has 0 amide bonds. The van der Waals surface area contributed by atoms with E-state index in [0.717, 1.165) is 44.7 Å². The number of hydrogen-bond acceptors (Lipinski definition) is 5. The van der Waals surface area contributed by atoms with Crippen molar-refractivity contribution >= 4 is 0 Å². The molecule has 3 heterocycles. The highest BCUT2D eigenvalue weighted by atomic mass is 16.1. The number of nitrogens with zero attached hydrogens (tertiary/aromatic N) is 5. The Balaban J connectivity index is 1.26. The molecule has 7 heteroatoms. The van der Waals surface area contributed by atoms with Crippen LogP contribution in [0.5, 0.6) is 0 Å². The van der Waals surface area contributed by atoms with E-state index in [4.69, 9.17) is 0 Å². The number of likely N-dealkylation sites (tertiary alicyclic amines) is 1. The largest absolute Gasteiger partial charge is 0.347 e. The molecule has 0 bridgehead atoms. The van der Waals surface area contributed by atoms with Crippen LogP contribution in [0.1, 0.15) is 37.3 Å². The molecule has 2 aromatic heterocycles. The molecule has 26 heavy (non-hydrogen) atoms. The van der Waals surface area contributed by atoms with Crippen LogP contribution >= 0.6 is 0 Å². The fraction of sp³-hybridized carbons (Fsp3) is 0.579. The van der Waals surface area contributed by atoms with E-state index in [0.29, 0.717) is 18.4 Å². The Morgan fingerprint density at radius 2 is 1.81 bits per heavy atom. The molecule has 138 valence electrons. The van der Waals surface area contributed by atoms with Gasteiger partial charge in [-0.05, 0) is 50.8 Å². The molecular weight excluding hydrogens is 330 g/mol. The molecule has 0 N–H and O–H groups in total. The third-order valence-electron chi connectivity index (χ3n) is 5.50. The Morgan fingerprint density at radius 1 is 1.00 bits per heavy atom. The molecule has 0 unspecified atom stereocenters. The van der Waals surface area contributed by atoms with E-state index in [1.54, 1.807) is 33.8 Å². The molecule has 2 aromatic rings. The van der Waals surface area contributed by atoms with Crippen molar-refractivity contribution in [1.29, 1.82) is 0 Å². The molecule has 4 rings (SSSR count). The fourth-order valence-electron chi connectivity index (χ4n) is 3.66. The van der Waals surface area contributed by atoms with Crippen LogP contribution < -0.4 is 11.2 Å². The van der Waals surface area contributed by atoms with Crippen LogP contribution in [0.2, 0.25) is 0 Å². The van der Waals surface area contributed by atoms with Gasteiger partial charge in [0.25, 0.3) is 5.56 Å². The molecule has 0 spiro atoms. The van der Waals surface area contributed by atoms with E-state index >= 15 is 0 Å². The van der Waals surface area contributed by atoms with E-state index in [1.165, 1.54) is 19.0 Å². The van der Waals surface area contributed by atoms with Crippen molar-refractivity contribution < 1.29 is 0 Å². The molecule has 1 saturated carbocycles. The van der Waals surface area contributed by atoms with E-state index in [1.807, 2.05) is 0 Å². The van der Waals surface area contributed by atoms with Gasteiger partial charge in [-0.3, -0.25) is 13.9 Å². The van der Waals surface area contributed by atoms with Gasteiger partial charge < -0.3 is 4.90 Å². The van der Waals surface area contributed by atoms with Crippen LogP contribution in [0.15, 0.2) is 40.4 Å². The zero-order valence-electron chi connectivity index (χ0n) is 15.0. The molecule has 1 saturated heterocycles. The predicted molar refractivity (Wildman–Crippen MR) is 98.1 cm³/mol.